The third-order valence-corrected chi connectivity index (χ3v) is 14.5. The van der Waals surface area contributed by atoms with Crippen LogP contribution in [-0.4, -0.2) is 37.2 Å². The first-order chi connectivity index (χ1) is 40.0. The predicted molar refractivity (Wildman–Crippen MR) is 353 cm³/mol. The fraction of sp³-hybridized carbons (Fsp3) is 0.693. The van der Waals surface area contributed by atoms with Gasteiger partial charge in [-0.1, -0.05) is 309 Å². The summed E-state index contributed by atoms with van der Waals surface area (Å²) in [5, 5.41) is 0. The highest BCUT2D eigenvalue weighted by molar-refractivity contribution is 5.71. The van der Waals surface area contributed by atoms with Gasteiger partial charge in [-0.25, -0.2) is 0 Å². The van der Waals surface area contributed by atoms with Crippen LogP contribution < -0.4 is 0 Å². The van der Waals surface area contributed by atoms with Crippen molar-refractivity contribution in [1.82, 2.24) is 0 Å². The average molecular weight is 1120 g/mol. The van der Waals surface area contributed by atoms with Crippen molar-refractivity contribution in [1.29, 1.82) is 0 Å². The van der Waals surface area contributed by atoms with Gasteiger partial charge in [-0.2, -0.15) is 0 Å². The number of allylic oxidation sites excluding steroid dienone is 20. The molecular weight excluding hydrogens is 997 g/mol. The van der Waals surface area contributed by atoms with Crippen LogP contribution in [0.1, 0.15) is 316 Å². The van der Waals surface area contributed by atoms with Gasteiger partial charge >= 0.3 is 17.9 Å². The number of hydrogen-bond acceptors (Lipinski definition) is 6. The Hall–Kier alpha value is -4.19. The van der Waals surface area contributed by atoms with Crippen LogP contribution in [0.3, 0.4) is 0 Å². The summed E-state index contributed by atoms with van der Waals surface area (Å²) < 4.78 is 16.8. The number of carbonyl (C=O) groups is 3. The lowest BCUT2D eigenvalue weighted by molar-refractivity contribution is -0.167. The molecule has 0 aromatic heterocycles. The maximum Gasteiger partial charge on any atom is 0.306 e. The molecule has 1 atom stereocenters. The normalized spacial score (nSPS) is 12.9. The minimum Gasteiger partial charge on any atom is -0.462 e. The summed E-state index contributed by atoms with van der Waals surface area (Å²) in [5.74, 6) is -0.958. The molecule has 6 heteroatoms. The van der Waals surface area contributed by atoms with Crippen LogP contribution in [-0.2, 0) is 28.6 Å². The van der Waals surface area contributed by atoms with Crippen LogP contribution in [0.15, 0.2) is 122 Å². The van der Waals surface area contributed by atoms with Gasteiger partial charge in [0.15, 0.2) is 6.10 Å². The average Bonchev–Trinajstić information content (AvgIpc) is 3.47. The molecule has 0 saturated heterocycles. The Kier molecular flexibility index (Phi) is 64.8. The Morgan fingerprint density at radius 3 is 0.815 bits per heavy atom. The van der Waals surface area contributed by atoms with Crippen LogP contribution in [0, 0.1) is 0 Å². The molecule has 462 valence electrons. The second-order valence-corrected chi connectivity index (χ2v) is 22.4. The maximum atomic E-state index is 12.9. The minimum absolute atomic E-state index is 0.0958. The molecule has 0 aromatic carbocycles. The molecule has 0 heterocycles. The molecule has 0 radical (unpaired) electrons. The molecule has 0 aliphatic heterocycles. The smallest absolute Gasteiger partial charge is 0.306 e. The first-order valence-electron chi connectivity index (χ1n) is 34.0. The summed E-state index contributed by atoms with van der Waals surface area (Å²) in [6, 6.07) is 0. The fourth-order valence-corrected chi connectivity index (χ4v) is 9.38. The Morgan fingerprint density at radius 1 is 0.259 bits per heavy atom. The SMILES string of the molecule is CC/C=C\C/C=C\C/C=C\C/C=C\C/C=C\C/C=C\C/C=C\C/C=C\C/C=C\CCCC(=O)OCC(COC(=O)CCCCCCCCC)OC(=O)CCCCCCCCCCCCCCCCC/C=C\CCCCCCCCCC. The molecule has 0 amide bonds. The van der Waals surface area contributed by atoms with Crippen molar-refractivity contribution in [3.63, 3.8) is 0 Å². The van der Waals surface area contributed by atoms with E-state index in [9.17, 15) is 14.4 Å². The van der Waals surface area contributed by atoms with Crippen molar-refractivity contribution in [3.05, 3.63) is 122 Å². The third-order valence-electron chi connectivity index (χ3n) is 14.5. The second kappa shape index (κ2) is 68.3. The van der Waals surface area contributed by atoms with Crippen molar-refractivity contribution in [2.24, 2.45) is 0 Å². The van der Waals surface area contributed by atoms with Gasteiger partial charge in [0.25, 0.3) is 0 Å². The molecule has 0 bridgehead atoms. The summed E-state index contributed by atoms with van der Waals surface area (Å²) in [7, 11) is 0. The second-order valence-electron chi connectivity index (χ2n) is 22.4. The lowest BCUT2D eigenvalue weighted by Crippen LogP contribution is -2.30. The summed E-state index contributed by atoms with van der Waals surface area (Å²) in [6.45, 7) is 6.46. The molecular formula is C75H126O6. The Balaban J connectivity index is 4.21. The van der Waals surface area contributed by atoms with Crippen LogP contribution in [0.25, 0.3) is 0 Å². The molecule has 6 nitrogen and oxygen atoms in total. The van der Waals surface area contributed by atoms with Crippen molar-refractivity contribution >= 4 is 17.9 Å². The zero-order valence-corrected chi connectivity index (χ0v) is 53.0. The predicted octanol–water partition coefficient (Wildman–Crippen LogP) is 23.6. The van der Waals surface area contributed by atoms with Gasteiger partial charge in [-0.05, 0) is 109 Å². The highest BCUT2D eigenvalue weighted by Crippen LogP contribution is 2.16. The largest absolute Gasteiger partial charge is 0.462 e. The summed E-state index contributed by atoms with van der Waals surface area (Å²) >= 11 is 0. The minimum atomic E-state index is -0.802. The van der Waals surface area contributed by atoms with Crippen molar-refractivity contribution in [2.45, 2.75) is 322 Å². The molecule has 0 saturated carbocycles. The van der Waals surface area contributed by atoms with Crippen molar-refractivity contribution < 1.29 is 28.6 Å². The lowest BCUT2D eigenvalue weighted by atomic mass is 10.0. The van der Waals surface area contributed by atoms with E-state index in [-0.39, 0.29) is 37.5 Å². The summed E-state index contributed by atoms with van der Waals surface area (Å²) in [4.78, 5) is 38.1. The topological polar surface area (TPSA) is 78.9 Å². The number of unbranched alkanes of at least 4 members (excludes halogenated alkanes) is 30. The molecule has 0 spiro atoms. The van der Waals surface area contributed by atoms with E-state index in [2.05, 4.69) is 142 Å². The van der Waals surface area contributed by atoms with E-state index in [1.54, 1.807) is 0 Å². The number of hydrogen-bond donors (Lipinski definition) is 0. The quantitative estimate of drug-likeness (QED) is 0.0261. The van der Waals surface area contributed by atoms with Crippen LogP contribution in [0.2, 0.25) is 0 Å². The molecule has 81 heavy (non-hydrogen) atoms. The number of carbonyl (C=O) groups excluding carboxylic acids is 3. The highest BCUT2D eigenvalue weighted by Gasteiger charge is 2.19. The number of rotatable bonds is 61. The van der Waals surface area contributed by atoms with Gasteiger partial charge in [0.05, 0.1) is 0 Å². The van der Waals surface area contributed by atoms with E-state index in [0.29, 0.717) is 19.3 Å². The van der Waals surface area contributed by atoms with Crippen LogP contribution >= 0.6 is 0 Å². The first kappa shape index (κ1) is 76.8. The van der Waals surface area contributed by atoms with E-state index in [1.165, 1.54) is 167 Å². The number of ether oxygens (including phenoxy) is 3. The molecule has 0 rings (SSSR count). The zero-order chi connectivity index (χ0) is 58.5. The molecule has 1 unspecified atom stereocenters. The van der Waals surface area contributed by atoms with E-state index in [1.807, 2.05) is 0 Å². The van der Waals surface area contributed by atoms with Gasteiger partial charge in [0.1, 0.15) is 13.2 Å². The van der Waals surface area contributed by atoms with E-state index in [0.717, 1.165) is 103 Å². The van der Waals surface area contributed by atoms with Crippen LogP contribution in [0.5, 0.6) is 0 Å². The summed E-state index contributed by atoms with van der Waals surface area (Å²) in [5.41, 5.74) is 0. The van der Waals surface area contributed by atoms with Gasteiger partial charge < -0.3 is 14.2 Å². The lowest BCUT2D eigenvalue weighted by Gasteiger charge is -2.18. The standard InChI is InChI=1S/C75H126O6/c1-4-7-10-13-16-18-20-22-24-26-28-30-32-34-36-37-39-40-42-44-46-48-50-52-54-56-59-62-65-68-74(77)80-71-72(70-79-73(76)67-64-61-58-15-12-9-6-3)81-75(78)69-66-63-60-57-55-53-51-49-47-45-43-41-38-35-33-31-29-27-25-23-21-19-17-14-11-8-5-2/h7,10,16,18,22,24,27-30,34,36,39-40,44,46,50,52,56,59,72H,4-6,8-9,11-15,17,19-21,23,25-26,31-33,35,37-38,41-43,45,47-49,51,53-55,57-58,60-71H2,1-3H3/b10-7-,18-16-,24-22-,29-27-,30-28-,36-34-,40-39-,46-44-,52-50-,59-56-. The highest BCUT2D eigenvalue weighted by atomic mass is 16.6. The molecule has 0 aromatic rings. The number of esters is 3. The van der Waals surface area contributed by atoms with E-state index >= 15 is 0 Å². The van der Waals surface area contributed by atoms with E-state index < -0.39 is 6.10 Å². The van der Waals surface area contributed by atoms with Crippen molar-refractivity contribution in [2.75, 3.05) is 13.2 Å². The summed E-state index contributed by atoms with van der Waals surface area (Å²) in [6.07, 6.45) is 95.4. The van der Waals surface area contributed by atoms with Gasteiger partial charge in [0, 0.05) is 19.3 Å². The van der Waals surface area contributed by atoms with Crippen molar-refractivity contribution in [3.8, 4) is 0 Å². The molecule has 0 aliphatic rings. The Bertz CT molecular complexity index is 1670. The third kappa shape index (κ3) is 66.5. The van der Waals surface area contributed by atoms with Gasteiger partial charge in [-0.3, -0.25) is 14.4 Å². The molecule has 0 aliphatic carbocycles. The van der Waals surface area contributed by atoms with Crippen LogP contribution in [0.4, 0.5) is 0 Å². The zero-order valence-electron chi connectivity index (χ0n) is 53.0. The monoisotopic (exact) mass is 1120 g/mol. The van der Waals surface area contributed by atoms with Gasteiger partial charge in [-0.15, -0.1) is 0 Å². The molecule has 0 fully saturated rings. The maximum absolute atomic E-state index is 12.9. The Labute approximate surface area is 501 Å². The molecule has 0 N–H and O–H groups in total. The Morgan fingerprint density at radius 2 is 0.494 bits per heavy atom. The van der Waals surface area contributed by atoms with Gasteiger partial charge in [0.2, 0.25) is 0 Å². The first-order valence-corrected chi connectivity index (χ1v) is 34.0. The van der Waals surface area contributed by atoms with E-state index in [4.69, 9.17) is 14.2 Å². The fourth-order valence-electron chi connectivity index (χ4n) is 9.38.